The minimum absolute atomic E-state index is 0.0408. The van der Waals surface area contributed by atoms with E-state index >= 15 is 0 Å². The summed E-state index contributed by atoms with van der Waals surface area (Å²) < 4.78 is 10.5. The van der Waals surface area contributed by atoms with Crippen LogP contribution in [-0.2, 0) is 24.6 Å². The van der Waals surface area contributed by atoms with Crippen LogP contribution in [-0.4, -0.2) is 48.1 Å². The van der Waals surface area contributed by atoms with Crippen molar-refractivity contribution < 1.29 is 23.9 Å². The van der Waals surface area contributed by atoms with Gasteiger partial charge in [0.2, 0.25) is 5.71 Å². The fraction of sp³-hybridized carbons (Fsp3) is 0.294. The number of oxime groups is 1. The van der Waals surface area contributed by atoms with Crippen molar-refractivity contribution in [3.63, 3.8) is 0 Å². The minimum Gasteiger partial charge on any atom is -0.461 e. The van der Waals surface area contributed by atoms with Crippen molar-refractivity contribution in [3.05, 3.63) is 119 Å². The molecule has 0 spiro atoms. The molecule has 0 radical (unpaired) electrons. The van der Waals surface area contributed by atoms with E-state index in [-0.39, 0.29) is 18.9 Å². The zero-order valence-corrected chi connectivity index (χ0v) is 26.2. The molecule has 0 aliphatic heterocycles. The number of carbonyl (C=O) groups is 2. The van der Waals surface area contributed by atoms with Crippen LogP contribution in [0.3, 0.4) is 0 Å². The molecule has 230 valence electrons. The summed E-state index contributed by atoms with van der Waals surface area (Å²) in [6, 6.07) is 30.5. The van der Waals surface area contributed by atoms with Crippen molar-refractivity contribution in [2.75, 3.05) is 25.1 Å². The molecule has 1 amide bonds. The van der Waals surface area contributed by atoms with E-state index in [1.54, 1.807) is 33.1 Å². The second kappa shape index (κ2) is 15.2. The van der Waals surface area contributed by atoms with Gasteiger partial charge in [0, 0.05) is 18.3 Å². The van der Waals surface area contributed by atoms with Gasteiger partial charge in [-0.05, 0) is 44.4 Å². The van der Waals surface area contributed by atoms with Crippen LogP contribution in [0.4, 0.5) is 9.93 Å². The van der Waals surface area contributed by atoms with Crippen molar-refractivity contribution in [2.45, 2.75) is 45.3 Å². The summed E-state index contributed by atoms with van der Waals surface area (Å²) in [7, 11) is 0. The van der Waals surface area contributed by atoms with E-state index < -0.39 is 23.2 Å². The van der Waals surface area contributed by atoms with E-state index in [9.17, 15) is 9.59 Å². The molecule has 4 aromatic rings. The van der Waals surface area contributed by atoms with Crippen molar-refractivity contribution >= 4 is 34.2 Å². The Balaban J connectivity index is 1.59. The number of nitrogens with zero attached hydrogens (tertiary/aromatic N) is 2. The van der Waals surface area contributed by atoms with Crippen LogP contribution >= 0.6 is 11.3 Å². The van der Waals surface area contributed by atoms with Crippen molar-refractivity contribution in [3.8, 4) is 0 Å². The number of carbonyl (C=O) groups excluding carboxylic acids is 2. The largest absolute Gasteiger partial charge is 0.461 e. The molecule has 1 aromatic heterocycles. The van der Waals surface area contributed by atoms with Gasteiger partial charge in [0.15, 0.2) is 5.13 Å². The number of alkyl carbamates (subject to hydrolysis) is 1. The first-order valence-electron chi connectivity index (χ1n) is 14.5. The van der Waals surface area contributed by atoms with Gasteiger partial charge in [0.25, 0.3) is 0 Å². The molecule has 0 saturated carbocycles. The molecule has 4 rings (SSSR count). The monoisotopic (exact) mass is 614 g/mol. The molecule has 9 nitrogen and oxygen atoms in total. The van der Waals surface area contributed by atoms with E-state index in [0.29, 0.717) is 23.8 Å². The van der Waals surface area contributed by atoms with Gasteiger partial charge < -0.3 is 24.9 Å². The van der Waals surface area contributed by atoms with Gasteiger partial charge in [-0.1, -0.05) is 96.2 Å². The highest BCUT2D eigenvalue weighted by Gasteiger charge is 2.37. The number of esters is 1. The molecule has 10 heteroatoms. The maximum atomic E-state index is 12.9. The number of aromatic nitrogens is 1. The molecule has 3 aromatic carbocycles. The molecule has 2 N–H and O–H groups in total. The number of hydrogen-bond acceptors (Lipinski definition) is 9. The molecule has 0 unspecified atom stereocenters. The number of rotatable bonds is 13. The molecule has 0 atom stereocenters. The Bertz CT molecular complexity index is 1420. The van der Waals surface area contributed by atoms with Gasteiger partial charge >= 0.3 is 12.1 Å². The summed E-state index contributed by atoms with van der Waals surface area (Å²) in [5, 5.41) is 12.8. The zero-order chi connectivity index (χ0) is 31.4. The number of ether oxygens (including phenoxy) is 2. The average molecular weight is 615 g/mol. The van der Waals surface area contributed by atoms with E-state index in [4.69, 9.17) is 19.3 Å². The topological polar surface area (TPSA) is 111 Å². The Kier molecular flexibility index (Phi) is 11.1. The Hall–Kier alpha value is -4.70. The number of thiazole rings is 1. The summed E-state index contributed by atoms with van der Waals surface area (Å²) in [5.74, 6) is -0.642. The quantitative estimate of drug-likeness (QED) is 0.0564. The van der Waals surface area contributed by atoms with E-state index in [2.05, 4.69) is 52.2 Å². The third-order valence-electron chi connectivity index (χ3n) is 6.37. The normalized spacial score (nSPS) is 11.9. The molecule has 0 saturated heterocycles. The molecular weight excluding hydrogens is 576 g/mol. The molecule has 0 bridgehead atoms. The zero-order valence-electron chi connectivity index (χ0n) is 25.4. The molecule has 0 fully saturated rings. The summed E-state index contributed by atoms with van der Waals surface area (Å²) in [4.78, 5) is 35.0. The minimum atomic E-state index is -0.780. The van der Waals surface area contributed by atoms with Crippen LogP contribution in [0.15, 0.2) is 102 Å². The SMILES string of the molecule is CCOC(=O)C(=NOCCCNC(=O)OC(C)(C)C)c1csc(NC(c2ccccc2)(c2ccccc2)c2ccccc2)n1. The van der Waals surface area contributed by atoms with Gasteiger partial charge in [-0.3, -0.25) is 0 Å². The maximum absolute atomic E-state index is 12.9. The molecule has 0 aliphatic carbocycles. The molecule has 1 heterocycles. The first-order valence-corrected chi connectivity index (χ1v) is 15.4. The fourth-order valence-electron chi connectivity index (χ4n) is 4.52. The number of benzene rings is 3. The van der Waals surface area contributed by atoms with Crippen LogP contribution in [0.1, 0.15) is 56.5 Å². The third-order valence-corrected chi connectivity index (χ3v) is 7.12. The second-order valence-corrected chi connectivity index (χ2v) is 11.6. The van der Waals surface area contributed by atoms with Crippen LogP contribution in [0.25, 0.3) is 0 Å². The highest BCUT2D eigenvalue weighted by molar-refractivity contribution is 7.14. The fourth-order valence-corrected chi connectivity index (χ4v) is 5.27. The van der Waals surface area contributed by atoms with Crippen molar-refractivity contribution in [1.82, 2.24) is 10.3 Å². The summed E-state index contributed by atoms with van der Waals surface area (Å²) in [6.07, 6.45) is -0.0514. The smallest absolute Gasteiger partial charge is 0.407 e. The predicted octanol–water partition coefficient (Wildman–Crippen LogP) is 6.75. The van der Waals surface area contributed by atoms with Crippen LogP contribution in [0.2, 0.25) is 0 Å². The van der Waals surface area contributed by atoms with Gasteiger partial charge in [-0.15, -0.1) is 11.3 Å². The second-order valence-electron chi connectivity index (χ2n) is 10.8. The highest BCUT2D eigenvalue weighted by Crippen LogP contribution is 2.40. The summed E-state index contributed by atoms with van der Waals surface area (Å²) in [5.41, 5.74) is 2.00. The first-order chi connectivity index (χ1) is 21.2. The Morgan fingerprint density at radius 3 is 1.91 bits per heavy atom. The van der Waals surface area contributed by atoms with E-state index in [0.717, 1.165) is 16.7 Å². The van der Waals surface area contributed by atoms with Gasteiger partial charge in [0.1, 0.15) is 23.4 Å². The van der Waals surface area contributed by atoms with E-state index in [1.807, 2.05) is 54.6 Å². The van der Waals surface area contributed by atoms with E-state index in [1.165, 1.54) is 11.3 Å². The molecule has 0 aliphatic rings. The van der Waals surface area contributed by atoms with Crippen LogP contribution < -0.4 is 10.6 Å². The van der Waals surface area contributed by atoms with Crippen molar-refractivity contribution in [1.29, 1.82) is 0 Å². The number of hydrogen-bond donors (Lipinski definition) is 2. The highest BCUT2D eigenvalue weighted by atomic mass is 32.1. The third kappa shape index (κ3) is 8.44. The van der Waals surface area contributed by atoms with Gasteiger partial charge in [-0.25, -0.2) is 14.6 Å². The number of nitrogens with one attached hydrogen (secondary N) is 2. The number of amides is 1. The van der Waals surface area contributed by atoms with Gasteiger partial charge in [-0.2, -0.15) is 0 Å². The lowest BCUT2D eigenvalue weighted by Crippen LogP contribution is -2.38. The average Bonchev–Trinajstić information content (AvgIpc) is 3.48. The summed E-state index contributed by atoms with van der Waals surface area (Å²) in [6.45, 7) is 7.77. The lowest BCUT2D eigenvalue weighted by atomic mass is 9.77. The van der Waals surface area contributed by atoms with Gasteiger partial charge in [0.05, 0.1) is 6.61 Å². The molecular formula is C34H38N4O5S. The van der Waals surface area contributed by atoms with Crippen LogP contribution in [0.5, 0.6) is 0 Å². The lowest BCUT2D eigenvalue weighted by Gasteiger charge is -2.36. The van der Waals surface area contributed by atoms with Crippen LogP contribution in [0, 0.1) is 0 Å². The number of anilines is 1. The molecule has 44 heavy (non-hydrogen) atoms. The Labute approximate surface area is 262 Å². The summed E-state index contributed by atoms with van der Waals surface area (Å²) >= 11 is 1.35. The first kappa shape index (κ1) is 32.2. The predicted molar refractivity (Wildman–Crippen MR) is 173 cm³/mol. The maximum Gasteiger partial charge on any atom is 0.407 e. The Morgan fingerprint density at radius 1 is 0.864 bits per heavy atom. The standard InChI is InChI=1S/C34H38N4O5S/c1-5-41-30(39)29(38-42-23-15-22-35-32(40)43-33(2,3)4)28-24-44-31(36-28)37-34(25-16-9-6-10-17-25,26-18-11-7-12-19-26)27-20-13-8-14-21-27/h6-14,16-21,24H,5,15,22-23H2,1-4H3,(H,35,40)(H,36,37). The Morgan fingerprint density at radius 2 is 1.41 bits per heavy atom. The lowest BCUT2D eigenvalue weighted by molar-refractivity contribution is -0.135. The van der Waals surface area contributed by atoms with Crippen molar-refractivity contribution in [2.24, 2.45) is 5.16 Å².